The molecule has 0 saturated carbocycles. The molecular weight excluding hydrogens is 518 g/mol. The summed E-state index contributed by atoms with van der Waals surface area (Å²) in [6.07, 6.45) is 3.90. The number of imidazole rings is 1. The van der Waals surface area contributed by atoms with Gasteiger partial charge in [0.25, 0.3) is 0 Å². The number of nitrogen functional groups attached to an aromatic ring is 1. The molecule has 3 aromatic heterocycles. The Bertz CT molecular complexity index is 1330. The van der Waals surface area contributed by atoms with Crippen molar-refractivity contribution < 1.29 is 14.3 Å². The summed E-state index contributed by atoms with van der Waals surface area (Å²) in [7, 11) is 3.12. The summed E-state index contributed by atoms with van der Waals surface area (Å²) in [6.45, 7) is 10.6. The van der Waals surface area contributed by atoms with Crippen LogP contribution >= 0.6 is 21.6 Å². The largest absolute Gasteiger partial charge is 0.508 e. The van der Waals surface area contributed by atoms with E-state index in [1.54, 1.807) is 27.8 Å². The first-order chi connectivity index (χ1) is 18.4. The highest BCUT2D eigenvalue weighted by atomic mass is 33.1. The Morgan fingerprint density at radius 1 is 1.11 bits per heavy atom. The van der Waals surface area contributed by atoms with Crippen LogP contribution in [-0.4, -0.2) is 43.6 Å². The number of aryl methyl sites for hydroxylation is 1. The SMILES string of the molecule is CC.CCCCc1nc2c(N)nc3ccccc3c2n1CC(C)(C)OC(=O)OCCSSc1ccccn1. The molecule has 0 aliphatic carbocycles. The highest BCUT2D eigenvalue weighted by Gasteiger charge is 2.28. The van der Waals surface area contributed by atoms with Gasteiger partial charge in [-0.1, -0.05) is 62.3 Å². The lowest BCUT2D eigenvalue weighted by Gasteiger charge is -2.26. The first kappa shape index (κ1) is 29.6. The number of hydrogen-bond donors (Lipinski definition) is 1. The third-order valence-corrected chi connectivity index (χ3v) is 7.74. The number of fused-ring (bicyclic) bond motifs is 3. The minimum atomic E-state index is -0.833. The Morgan fingerprint density at radius 2 is 1.87 bits per heavy atom. The summed E-state index contributed by atoms with van der Waals surface area (Å²) in [4.78, 5) is 26.1. The summed E-state index contributed by atoms with van der Waals surface area (Å²) in [6, 6.07) is 13.6. The predicted molar refractivity (Wildman–Crippen MR) is 158 cm³/mol. The van der Waals surface area contributed by atoms with Crippen molar-refractivity contribution in [3.8, 4) is 0 Å². The molecule has 1 aromatic carbocycles. The Labute approximate surface area is 232 Å². The van der Waals surface area contributed by atoms with Crippen LogP contribution in [-0.2, 0) is 22.4 Å². The lowest BCUT2D eigenvalue weighted by atomic mass is 10.1. The van der Waals surface area contributed by atoms with Crippen molar-refractivity contribution in [2.45, 2.75) is 71.1 Å². The Balaban J connectivity index is 0.00000195. The van der Waals surface area contributed by atoms with Crippen LogP contribution in [0.5, 0.6) is 0 Å². The number of hydrogen-bond acceptors (Lipinski definition) is 9. The number of unbranched alkanes of at least 4 members (excludes halogenated alkanes) is 1. The molecule has 10 heteroatoms. The maximum Gasteiger partial charge on any atom is 0.508 e. The van der Waals surface area contributed by atoms with Gasteiger partial charge in [0.15, 0.2) is 5.82 Å². The number of nitrogens with zero attached hydrogens (tertiary/aromatic N) is 4. The molecule has 0 spiro atoms. The zero-order valence-corrected chi connectivity index (χ0v) is 24.4. The fourth-order valence-corrected chi connectivity index (χ4v) is 5.63. The Morgan fingerprint density at radius 3 is 2.61 bits per heavy atom. The molecule has 204 valence electrons. The number of ether oxygens (including phenoxy) is 2. The van der Waals surface area contributed by atoms with E-state index in [1.807, 2.05) is 70.2 Å². The van der Waals surface area contributed by atoms with Crippen molar-refractivity contribution in [1.29, 1.82) is 0 Å². The van der Waals surface area contributed by atoms with Gasteiger partial charge >= 0.3 is 6.16 Å². The molecule has 0 aliphatic heterocycles. The fraction of sp³-hybridized carbons (Fsp3) is 0.429. The lowest BCUT2D eigenvalue weighted by molar-refractivity contribution is -0.0220. The second-order valence-corrected chi connectivity index (χ2v) is 11.4. The van der Waals surface area contributed by atoms with Crippen molar-refractivity contribution >= 4 is 55.5 Å². The number of anilines is 1. The van der Waals surface area contributed by atoms with E-state index in [4.69, 9.17) is 20.2 Å². The van der Waals surface area contributed by atoms with Crippen molar-refractivity contribution in [2.75, 3.05) is 18.1 Å². The van der Waals surface area contributed by atoms with Crippen molar-refractivity contribution in [3.63, 3.8) is 0 Å². The number of carbonyl (C=O) groups is 1. The summed E-state index contributed by atoms with van der Waals surface area (Å²) in [5, 5.41) is 1.89. The Kier molecular flexibility index (Phi) is 11.1. The van der Waals surface area contributed by atoms with Gasteiger partial charge in [0.1, 0.15) is 28.6 Å². The number of carbonyl (C=O) groups excluding carboxylic acids is 1. The van der Waals surface area contributed by atoms with E-state index in [-0.39, 0.29) is 6.61 Å². The van der Waals surface area contributed by atoms with Crippen LogP contribution in [0.25, 0.3) is 21.9 Å². The third kappa shape index (κ3) is 7.77. The topological polar surface area (TPSA) is 105 Å². The van der Waals surface area contributed by atoms with E-state index in [2.05, 4.69) is 21.5 Å². The molecule has 38 heavy (non-hydrogen) atoms. The van der Waals surface area contributed by atoms with Crippen LogP contribution in [0.15, 0.2) is 53.7 Å². The second kappa shape index (κ2) is 14.2. The monoisotopic (exact) mass is 555 g/mol. The van der Waals surface area contributed by atoms with Gasteiger partial charge in [-0.25, -0.2) is 19.7 Å². The van der Waals surface area contributed by atoms with Crippen LogP contribution in [0.3, 0.4) is 0 Å². The van der Waals surface area contributed by atoms with E-state index in [0.717, 1.165) is 46.5 Å². The molecule has 0 unspecified atom stereocenters. The van der Waals surface area contributed by atoms with Crippen LogP contribution in [0.2, 0.25) is 0 Å². The second-order valence-electron chi connectivity index (χ2n) is 8.96. The third-order valence-electron chi connectivity index (χ3n) is 5.51. The van der Waals surface area contributed by atoms with Gasteiger partial charge in [-0.15, -0.1) is 0 Å². The van der Waals surface area contributed by atoms with Gasteiger partial charge < -0.3 is 19.8 Å². The number of pyridine rings is 2. The van der Waals surface area contributed by atoms with Crippen molar-refractivity contribution in [1.82, 2.24) is 19.5 Å². The quantitative estimate of drug-likeness (QED) is 0.116. The van der Waals surface area contributed by atoms with Crippen LogP contribution < -0.4 is 5.73 Å². The first-order valence-electron chi connectivity index (χ1n) is 13.0. The van der Waals surface area contributed by atoms with Gasteiger partial charge in [-0.2, -0.15) is 0 Å². The summed E-state index contributed by atoms with van der Waals surface area (Å²) >= 11 is 0. The number of nitrogens with two attached hydrogens (primary N) is 1. The van der Waals surface area contributed by atoms with Gasteiger partial charge in [-0.05, 0) is 49.3 Å². The van der Waals surface area contributed by atoms with Crippen LogP contribution in [0, 0.1) is 0 Å². The highest BCUT2D eigenvalue weighted by Crippen LogP contribution is 2.31. The fourth-order valence-electron chi connectivity index (χ4n) is 3.93. The molecule has 3 heterocycles. The van der Waals surface area contributed by atoms with E-state index >= 15 is 0 Å². The van der Waals surface area contributed by atoms with Crippen molar-refractivity contribution in [3.05, 3.63) is 54.5 Å². The van der Waals surface area contributed by atoms with E-state index < -0.39 is 11.8 Å². The molecule has 4 aromatic rings. The summed E-state index contributed by atoms with van der Waals surface area (Å²) in [5.41, 5.74) is 7.87. The highest BCUT2D eigenvalue weighted by molar-refractivity contribution is 8.76. The normalized spacial score (nSPS) is 11.3. The number of aromatic nitrogens is 4. The molecular formula is C28H37N5O3S2. The smallest absolute Gasteiger partial charge is 0.433 e. The standard InChI is InChI=1S/C26H31N5O3S2.C2H6/c1-4-5-12-20-30-22-23(18-10-6-7-11-19(18)29-24(22)27)31(20)17-26(2,3)34-25(32)33-15-16-35-36-21-13-8-9-14-28-21;1-2/h6-11,13-14H,4-5,12,15-17H2,1-3H3,(H2,27,29);1-2H3. The molecule has 0 atom stereocenters. The maximum atomic E-state index is 12.5. The maximum absolute atomic E-state index is 12.5. The minimum Gasteiger partial charge on any atom is -0.433 e. The zero-order valence-electron chi connectivity index (χ0n) is 22.8. The van der Waals surface area contributed by atoms with Gasteiger partial charge in [0.2, 0.25) is 0 Å². The van der Waals surface area contributed by atoms with E-state index in [1.165, 1.54) is 0 Å². The molecule has 0 saturated heterocycles. The molecule has 2 N–H and O–H groups in total. The number of rotatable bonds is 11. The van der Waals surface area contributed by atoms with Crippen LogP contribution in [0.1, 0.15) is 53.3 Å². The first-order valence-corrected chi connectivity index (χ1v) is 15.3. The number of benzene rings is 1. The Hall–Kier alpha value is -2.98. The summed E-state index contributed by atoms with van der Waals surface area (Å²) in [5.74, 6) is 1.94. The number of para-hydroxylation sites is 1. The van der Waals surface area contributed by atoms with Crippen LogP contribution in [0.4, 0.5) is 10.6 Å². The molecule has 8 nitrogen and oxygen atoms in total. The summed E-state index contributed by atoms with van der Waals surface area (Å²) < 4.78 is 13.2. The minimum absolute atomic E-state index is 0.252. The molecule has 0 amide bonds. The van der Waals surface area contributed by atoms with E-state index in [9.17, 15) is 4.79 Å². The average Bonchev–Trinajstić information content (AvgIpc) is 3.27. The van der Waals surface area contributed by atoms with Gasteiger partial charge in [0.05, 0.1) is 17.6 Å². The average molecular weight is 556 g/mol. The van der Waals surface area contributed by atoms with Gasteiger partial charge in [-0.3, -0.25) is 0 Å². The predicted octanol–water partition coefficient (Wildman–Crippen LogP) is 7.30. The molecule has 0 bridgehead atoms. The molecule has 0 radical (unpaired) electrons. The molecule has 0 fully saturated rings. The van der Waals surface area contributed by atoms with Gasteiger partial charge in [0, 0.05) is 23.8 Å². The van der Waals surface area contributed by atoms with E-state index in [0.29, 0.717) is 23.6 Å². The lowest BCUT2D eigenvalue weighted by Crippen LogP contribution is -2.34. The molecule has 0 aliphatic rings. The zero-order chi connectivity index (χ0) is 27.5. The van der Waals surface area contributed by atoms with Crippen molar-refractivity contribution in [2.24, 2.45) is 0 Å². The molecule has 4 rings (SSSR count).